The molecular formula is C18H24N4O2. The van der Waals surface area contributed by atoms with Crippen molar-refractivity contribution < 1.29 is 9.59 Å². The molecule has 2 aromatic rings. The summed E-state index contributed by atoms with van der Waals surface area (Å²) in [7, 11) is 0. The van der Waals surface area contributed by atoms with Crippen LogP contribution in [0.3, 0.4) is 0 Å². The van der Waals surface area contributed by atoms with Gasteiger partial charge in [-0.1, -0.05) is 25.8 Å². The first-order chi connectivity index (χ1) is 11.6. The van der Waals surface area contributed by atoms with Crippen molar-refractivity contribution >= 4 is 17.3 Å². The van der Waals surface area contributed by atoms with E-state index in [0.717, 1.165) is 32.1 Å². The van der Waals surface area contributed by atoms with E-state index >= 15 is 0 Å². The van der Waals surface area contributed by atoms with Crippen molar-refractivity contribution in [1.29, 1.82) is 0 Å². The van der Waals surface area contributed by atoms with Gasteiger partial charge < -0.3 is 10.6 Å². The SMILES string of the molecule is CCC(C)NC(=O)c1nc(C(=O)NC2CCCC2)n2ccccc12. The van der Waals surface area contributed by atoms with Crippen molar-refractivity contribution in [3.8, 4) is 0 Å². The number of carbonyl (C=O) groups excluding carboxylic acids is 2. The highest BCUT2D eigenvalue weighted by Crippen LogP contribution is 2.19. The Bertz CT molecular complexity index is 747. The van der Waals surface area contributed by atoms with Gasteiger partial charge in [0.2, 0.25) is 5.82 Å². The Morgan fingerprint density at radius 2 is 2.04 bits per heavy atom. The lowest BCUT2D eigenvalue weighted by Gasteiger charge is -2.10. The van der Waals surface area contributed by atoms with E-state index in [9.17, 15) is 9.59 Å². The van der Waals surface area contributed by atoms with Gasteiger partial charge in [-0.25, -0.2) is 4.98 Å². The van der Waals surface area contributed by atoms with E-state index in [-0.39, 0.29) is 29.7 Å². The minimum Gasteiger partial charge on any atom is -0.348 e. The van der Waals surface area contributed by atoms with Crippen molar-refractivity contribution in [2.75, 3.05) is 0 Å². The van der Waals surface area contributed by atoms with E-state index in [1.165, 1.54) is 0 Å². The van der Waals surface area contributed by atoms with Crippen molar-refractivity contribution in [2.45, 2.75) is 58.0 Å². The van der Waals surface area contributed by atoms with Gasteiger partial charge in [0.15, 0.2) is 5.69 Å². The molecule has 24 heavy (non-hydrogen) atoms. The van der Waals surface area contributed by atoms with Gasteiger partial charge in [0.1, 0.15) is 0 Å². The highest BCUT2D eigenvalue weighted by molar-refractivity contribution is 6.02. The second kappa shape index (κ2) is 7.03. The number of pyridine rings is 1. The highest BCUT2D eigenvalue weighted by Gasteiger charge is 2.24. The third-order valence-corrected chi connectivity index (χ3v) is 4.65. The molecule has 6 heteroatoms. The second-order valence-corrected chi connectivity index (χ2v) is 6.48. The largest absolute Gasteiger partial charge is 0.348 e. The Balaban J connectivity index is 1.91. The Morgan fingerprint density at radius 1 is 1.29 bits per heavy atom. The minimum absolute atomic E-state index is 0.0636. The van der Waals surface area contributed by atoms with E-state index in [4.69, 9.17) is 0 Å². The maximum absolute atomic E-state index is 12.6. The van der Waals surface area contributed by atoms with Gasteiger partial charge in [-0.15, -0.1) is 0 Å². The van der Waals surface area contributed by atoms with Crippen LogP contribution in [0.1, 0.15) is 67.1 Å². The Kier molecular flexibility index (Phi) is 4.83. The summed E-state index contributed by atoms with van der Waals surface area (Å²) < 4.78 is 1.69. The number of hydrogen-bond donors (Lipinski definition) is 2. The number of carbonyl (C=O) groups is 2. The van der Waals surface area contributed by atoms with Crippen LogP contribution in [0, 0.1) is 0 Å². The minimum atomic E-state index is -0.243. The molecule has 6 nitrogen and oxygen atoms in total. The first kappa shape index (κ1) is 16.5. The van der Waals surface area contributed by atoms with Crippen LogP contribution in [0.4, 0.5) is 0 Å². The fraction of sp³-hybridized carbons (Fsp3) is 0.500. The summed E-state index contributed by atoms with van der Waals surface area (Å²) in [5, 5.41) is 5.95. The molecule has 0 aliphatic heterocycles. The quantitative estimate of drug-likeness (QED) is 0.885. The Morgan fingerprint density at radius 3 is 2.75 bits per heavy atom. The van der Waals surface area contributed by atoms with Crippen LogP contribution >= 0.6 is 0 Å². The molecule has 1 unspecified atom stereocenters. The number of hydrogen-bond acceptors (Lipinski definition) is 3. The number of fused-ring (bicyclic) bond motifs is 1. The molecule has 0 saturated heterocycles. The summed E-state index contributed by atoms with van der Waals surface area (Å²) in [4.78, 5) is 29.5. The maximum atomic E-state index is 12.6. The number of nitrogens with one attached hydrogen (secondary N) is 2. The molecule has 0 aromatic carbocycles. The molecule has 1 atom stereocenters. The monoisotopic (exact) mass is 328 g/mol. The molecule has 128 valence electrons. The highest BCUT2D eigenvalue weighted by atomic mass is 16.2. The molecule has 2 heterocycles. The molecule has 0 bridgehead atoms. The lowest BCUT2D eigenvalue weighted by molar-refractivity contribution is 0.0926. The third-order valence-electron chi connectivity index (χ3n) is 4.65. The Hall–Kier alpha value is -2.37. The van der Waals surface area contributed by atoms with E-state index in [0.29, 0.717) is 11.2 Å². The van der Waals surface area contributed by atoms with Gasteiger partial charge in [0, 0.05) is 18.3 Å². The second-order valence-electron chi connectivity index (χ2n) is 6.48. The van der Waals surface area contributed by atoms with Crippen LogP contribution in [0.15, 0.2) is 24.4 Å². The molecule has 0 spiro atoms. The first-order valence-electron chi connectivity index (χ1n) is 8.69. The van der Waals surface area contributed by atoms with E-state index in [2.05, 4.69) is 15.6 Å². The zero-order chi connectivity index (χ0) is 17.1. The molecular weight excluding hydrogens is 304 g/mol. The summed E-state index contributed by atoms with van der Waals surface area (Å²) in [6, 6.07) is 5.76. The van der Waals surface area contributed by atoms with Gasteiger partial charge in [0.25, 0.3) is 11.8 Å². The van der Waals surface area contributed by atoms with Crippen LogP contribution in [0.25, 0.3) is 5.52 Å². The zero-order valence-corrected chi connectivity index (χ0v) is 14.2. The van der Waals surface area contributed by atoms with Crippen LogP contribution in [0.2, 0.25) is 0 Å². The topological polar surface area (TPSA) is 75.5 Å². The van der Waals surface area contributed by atoms with Gasteiger partial charge in [-0.05, 0) is 38.3 Å². The summed E-state index contributed by atoms with van der Waals surface area (Å²) in [6.45, 7) is 3.96. The number of imidazole rings is 1. The average Bonchev–Trinajstić information content (AvgIpc) is 3.21. The fourth-order valence-corrected chi connectivity index (χ4v) is 3.08. The predicted octanol–water partition coefficient (Wildman–Crippen LogP) is 2.54. The fourth-order valence-electron chi connectivity index (χ4n) is 3.08. The predicted molar refractivity (Wildman–Crippen MR) is 92.1 cm³/mol. The lowest BCUT2D eigenvalue weighted by Crippen LogP contribution is -2.34. The molecule has 1 saturated carbocycles. The molecule has 1 aliphatic rings. The summed E-state index contributed by atoms with van der Waals surface area (Å²) in [5.74, 6) is -0.189. The standard InChI is InChI=1S/C18H24N4O2/c1-3-12(2)19-17(23)15-14-10-6-7-11-22(14)16(21-15)18(24)20-13-8-4-5-9-13/h6-7,10-13H,3-5,8-9H2,1-2H3,(H,19,23)(H,20,24). The normalized spacial score (nSPS) is 16.2. The van der Waals surface area contributed by atoms with Crippen LogP contribution in [-0.2, 0) is 0 Å². The summed E-state index contributed by atoms with van der Waals surface area (Å²) >= 11 is 0. The van der Waals surface area contributed by atoms with Gasteiger partial charge in [-0.2, -0.15) is 0 Å². The third kappa shape index (κ3) is 3.27. The first-order valence-corrected chi connectivity index (χ1v) is 8.69. The van der Waals surface area contributed by atoms with Crippen LogP contribution < -0.4 is 10.6 Å². The van der Waals surface area contributed by atoms with Gasteiger partial charge in [0.05, 0.1) is 5.52 Å². The van der Waals surface area contributed by atoms with Gasteiger partial charge >= 0.3 is 0 Å². The summed E-state index contributed by atoms with van der Waals surface area (Å²) in [6.07, 6.45) is 6.93. The van der Waals surface area contributed by atoms with Crippen LogP contribution in [-0.4, -0.2) is 33.3 Å². The average molecular weight is 328 g/mol. The summed E-state index contributed by atoms with van der Waals surface area (Å²) in [5.41, 5.74) is 0.947. The zero-order valence-electron chi connectivity index (χ0n) is 14.2. The van der Waals surface area contributed by atoms with Crippen molar-refractivity contribution in [3.05, 3.63) is 35.9 Å². The van der Waals surface area contributed by atoms with Crippen molar-refractivity contribution in [1.82, 2.24) is 20.0 Å². The smallest absolute Gasteiger partial charge is 0.287 e. The molecule has 0 radical (unpaired) electrons. The van der Waals surface area contributed by atoms with Crippen molar-refractivity contribution in [3.63, 3.8) is 0 Å². The number of nitrogens with zero attached hydrogens (tertiary/aromatic N) is 2. The number of rotatable bonds is 5. The maximum Gasteiger partial charge on any atom is 0.287 e. The molecule has 1 aliphatic carbocycles. The lowest BCUT2D eigenvalue weighted by atomic mass is 10.2. The van der Waals surface area contributed by atoms with E-state index in [1.807, 2.05) is 32.0 Å². The molecule has 1 fully saturated rings. The molecule has 2 aromatic heterocycles. The van der Waals surface area contributed by atoms with Crippen molar-refractivity contribution in [2.24, 2.45) is 0 Å². The molecule has 2 amide bonds. The van der Waals surface area contributed by atoms with Gasteiger partial charge in [-0.3, -0.25) is 14.0 Å². The Labute approximate surface area is 141 Å². The van der Waals surface area contributed by atoms with E-state index in [1.54, 1.807) is 10.6 Å². The number of amides is 2. The number of aromatic nitrogens is 2. The van der Waals surface area contributed by atoms with Crippen LogP contribution in [0.5, 0.6) is 0 Å². The molecule has 3 rings (SSSR count). The molecule has 2 N–H and O–H groups in total. The van der Waals surface area contributed by atoms with E-state index < -0.39 is 0 Å².